The summed E-state index contributed by atoms with van der Waals surface area (Å²) in [4.78, 5) is 41.3. The number of amides is 2. The van der Waals surface area contributed by atoms with Crippen molar-refractivity contribution in [1.29, 1.82) is 0 Å². The van der Waals surface area contributed by atoms with Crippen LogP contribution in [-0.2, 0) is 19.2 Å². The largest absolute Gasteiger partial charge is 0.479 e. The monoisotopic (exact) mass is 450 g/mol. The Hall–Kier alpha value is -3.65. The van der Waals surface area contributed by atoms with Gasteiger partial charge in [-0.05, 0) is 47.4 Å². The van der Waals surface area contributed by atoms with Crippen LogP contribution >= 0.6 is 0 Å². The fourth-order valence-corrected chi connectivity index (χ4v) is 4.12. The molecule has 0 spiro atoms. The predicted octanol–water partition coefficient (Wildman–Crippen LogP) is 3.38. The highest BCUT2D eigenvalue weighted by molar-refractivity contribution is 5.85. The van der Waals surface area contributed by atoms with Gasteiger partial charge in [-0.15, -0.1) is 6.58 Å². The lowest BCUT2D eigenvalue weighted by atomic mass is 9.98. The van der Waals surface area contributed by atoms with Crippen LogP contribution in [0.2, 0.25) is 0 Å². The smallest absolute Gasteiger partial charge is 0.407 e. The van der Waals surface area contributed by atoms with E-state index in [1.165, 1.54) is 6.08 Å². The van der Waals surface area contributed by atoms with Crippen molar-refractivity contribution in [1.82, 2.24) is 10.8 Å². The van der Waals surface area contributed by atoms with Crippen LogP contribution in [-0.4, -0.2) is 41.8 Å². The zero-order valence-corrected chi connectivity index (χ0v) is 18.0. The fourth-order valence-electron chi connectivity index (χ4n) is 4.12. The van der Waals surface area contributed by atoms with E-state index in [0.717, 1.165) is 35.1 Å². The quantitative estimate of drug-likeness (QED) is 0.378. The van der Waals surface area contributed by atoms with Crippen LogP contribution in [0.3, 0.4) is 0 Å². The Morgan fingerprint density at radius 1 is 1.06 bits per heavy atom. The van der Waals surface area contributed by atoms with E-state index in [0.29, 0.717) is 0 Å². The highest BCUT2D eigenvalue weighted by Crippen LogP contribution is 2.44. The Morgan fingerprint density at radius 2 is 1.67 bits per heavy atom. The predicted molar refractivity (Wildman–Crippen MR) is 120 cm³/mol. The molecule has 0 aliphatic heterocycles. The number of carbonyl (C=O) groups is 3. The number of hydroxylamine groups is 1. The van der Waals surface area contributed by atoms with Gasteiger partial charge in [-0.2, -0.15) is 0 Å². The molecule has 1 saturated carbocycles. The minimum absolute atomic E-state index is 0.104. The van der Waals surface area contributed by atoms with Crippen LogP contribution in [0, 0.1) is 5.92 Å². The van der Waals surface area contributed by atoms with Crippen molar-refractivity contribution in [3.05, 3.63) is 72.3 Å². The molecule has 4 rings (SSSR count). The first-order chi connectivity index (χ1) is 16.0. The van der Waals surface area contributed by atoms with Gasteiger partial charge in [-0.3, -0.25) is 9.63 Å². The first-order valence-corrected chi connectivity index (χ1v) is 10.9. The fraction of sp³-hybridized carbons (Fsp3) is 0.320. The van der Waals surface area contributed by atoms with E-state index in [1.807, 2.05) is 48.5 Å². The Balaban J connectivity index is 1.35. The van der Waals surface area contributed by atoms with Gasteiger partial charge in [0.15, 0.2) is 6.10 Å². The van der Waals surface area contributed by atoms with Gasteiger partial charge >= 0.3 is 12.1 Å². The average molecular weight is 450 g/mol. The van der Waals surface area contributed by atoms with Crippen molar-refractivity contribution in [2.24, 2.45) is 5.92 Å². The van der Waals surface area contributed by atoms with Gasteiger partial charge in [0, 0.05) is 5.92 Å². The second-order valence-electron chi connectivity index (χ2n) is 8.23. The molecule has 2 unspecified atom stereocenters. The van der Waals surface area contributed by atoms with Crippen molar-refractivity contribution in [3.63, 3.8) is 0 Å². The van der Waals surface area contributed by atoms with Gasteiger partial charge in [0.05, 0.1) is 0 Å². The Morgan fingerprint density at radius 3 is 2.21 bits per heavy atom. The summed E-state index contributed by atoms with van der Waals surface area (Å²) in [7, 11) is 0. The lowest BCUT2D eigenvalue weighted by molar-refractivity contribution is -0.163. The number of nitrogens with one attached hydrogen (secondary N) is 2. The summed E-state index contributed by atoms with van der Waals surface area (Å²) in [6.07, 6.45) is 1.22. The molecule has 2 atom stereocenters. The molecule has 2 aromatic rings. The second kappa shape index (κ2) is 9.87. The molecule has 0 bridgehead atoms. The van der Waals surface area contributed by atoms with Gasteiger partial charge in [-0.25, -0.2) is 15.1 Å². The van der Waals surface area contributed by atoms with E-state index in [-0.39, 0.29) is 24.9 Å². The molecule has 3 N–H and O–H groups in total. The van der Waals surface area contributed by atoms with E-state index in [2.05, 4.69) is 17.4 Å². The third-order valence-electron chi connectivity index (χ3n) is 5.93. The van der Waals surface area contributed by atoms with Crippen LogP contribution in [0.5, 0.6) is 0 Å². The lowest BCUT2D eigenvalue weighted by Crippen LogP contribution is -2.48. The molecule has 0 saturated heterocycles. The number of ether oxygens (including phenoxy) is 1. The van der Waals surface area contributed by atoms with Crippen molar-refractivity contribution >= 4 is 18.0 Å². The molecule has 2 amide bonds. The van der Waals surface area contributed by atoms with Crippen LogP contribution in [0.1, 0.15) is 36.3 Å². The summed E-state index contributed by atoms with van der Waals surface area (Å²) >= 11 is 0. The Labute approximate surface area is 191 Å². The summed E-state index contributed by atoms with van der Waals surface area (Å²) in [5.74, 6) is -2.03. The molecular weight excluding hydrogens is 424 g/mol. The molecule has 2 aliphatic rings. The summed E-state index contributed by atoms with van der Waals surface area (Å²) < 4.78 is 5.48. The van der Waals surface area contributed by atoms with Gasteiger partial charge in [0.1, 0.15) is 12.6 Å². The zero-order valence-electron chi connectivity index (χ0n) is 18.0. The van der Waals surface area contributed by atoms with E-state index in [4.69, 9.17) is 9.57 Å². The van der Waals surface area contributed by atoms with E-state index >= 15 is 0 Å². The summed E-state index contributed by atoms with van der Waals surface area (Å²) in [6, 6.07) is 15.0. The molecule has 0 aromatic heterocycles. The number of carboxylic acids is 1. The van der Waals surface area contributed by atoms with Gasteiger partial charge in [0.2, 0.25) is 0 Å². The van der Waals surface area contributed by atoms with Crippen molar-refractivity contribution in [2.75, 3.05) is 6.61 Å². The number of hydrogen-bond acceptors (Lipinski definition) is 5. The highest BCUT2D eigenvalue weighted by Gasteiger charge is 2.38. The lowest BCUT2D eigenvalue weighted by Gasteiger charge is -2.20. The number of rotatable bonds is 10. The molecule has 8 nitrogen and oxygen atoms in total. The molecule has 8 heteroatoms. The molecule has 1 fully saturated rings. The molecule has 172 valence electrons. The maximum atomic E-state index is 12.5. The minimum atomic E-state index is -1.14. The summed E-state index contributed by atoms with van der Waals surface area (Å²) in [5, 5.41) is 11.7. The normalized spacial score (nSPS) is 16.1. The Kier molecular flexibility index (Phi) is 6.74. The molecular formula is C25H26N2O6. The van der Waals surface area contributed by atoms with Crippen molar-refractivity contribution in [3.8, 4) is 11.1 Å². The number of alkyl carbamates (subject to hydrolysis) is 1. The maximum Gasteiger partial charge on any atom is 0.407 e. The van der Waals surface area contributed by atoms with Crippen LogP contribution in [0.25, 0.3) is 11.1 Å². The SMILES string of the molecule is C=CCC(NC(=O)OCC1c2ccccc2-c2ccccc21)C(=O)NOC(C(=O)O)C1CC1. The number of aliphatic carboxylic acids is 1. The number of carboxylic acid groups (broad SMARTS) is 1. The number of carbonyl (C=O) groups excluding carboxylic acids is 2. The third-order valence-corrected chi connectivity index (χ3v) is 5.93. The van der Waals surface area contributed by atoms with E-state index in [9.17, 15) is 19.5 Å². The van der Waals surface area contributed by atoms with E-state index < -0.39 is 30.1 Å². The Bertz CT molecular complexity index is 1020. The zero-order chi connectivity index (χ0) is 23.4. The first kappa shape index (κ1) is 22.5. The van der Waals surface area contributed by atoms with Crippen LogP contribution in [0.15, 0.2) is 61.2 Å². The topological polar surface area (TPSA) is 114 Å². The molecule has 0 radical (unpaired) electrons. The van der Waals surface area contributed by atoms with Crippen molar-refractivity contribution in [2.45, 2.75) is 37.3 Å². The molecule has 2 aromatic carbocycles. The van der Waals surface area contributed by atoms with Gasteiger partial charge in [0.25, 0.3) is 5.91 Å². The van der Waals surface area contributed by atoms with Gasteiger partial charge in [-0.1, -0.05) is 54.6 Å². The van der Waals surface area contributed by atoms with E-state index in [1.54, 1.807) is 0 Å². The first-order valence-electron chi connectivity index (χ1n) is 10.9. The summed E-state index contributed by atoms with van der Waals surface area (Å²) in [6.45, 7) is 3.72. The maximum absolute atomic E-state index is 12.5. The summed E-state index contributed by atoms with van der Waals surface area (Å²) in [5.41, 5.74) is 6.56. The molecule has 0 heterocycles. The average Bonchev–Trinajstić information content (AvgIpc) is 3.59. The van der Waals surface area contributed by atoms with Crippen LogP contribution in [0.4, 0.5) is 4.79 Å². The second-order valence-corrected chi connectivity index (χ2v) is 8.23. The minimum Gasteiger partial charge on any atom is -0.479 e. The number of fused-ring (bicyclic) bond motifs is 3. The standard InChI is InChI=1S/C25H26N2O6/c1-2-7-21(23(28)27-33-22(24(29)30)15-12-13-15)26-25(31)32-14-20-18-10-5-3-8-16(18)17-9-4-6-11-19(17)20/h2-6,8-11,15,20-22H,1,7,12-14H2,(H,26,31)(H,27,28)(H,29,30). The number of benzene rings is 2. The van der Waals surface area contributed by atoms with Crippen LogP contribution < -0.4 is 10.8 Å². The molecule has 2 aliphatic carbocycles. The number of hydrogen-bond donors (Lipinski definition) is 3. The van der Waals surface area contributed by atoms with Crippen molar-refractivity contribution < 1.29 is 29.1 Å². The third kappa shape index (κ3) is 5.06. The molecule has 33 heavy (non-hydrogen) atoms. The van der Waals surface area contributed by atoms with Gasteiger partial charge < -0.3 is 15.2 Å². The highest BCUT2D eigenvalue weighted by atomic mass is 16.7.